The molecule has 20 heavy (non-hydrogen) atoms. The number of H-pyrrole nitrogens is 1. The molecule has 0 radical (unpaired) electrons. The fourth-order valence-corrected chi connectivity index (χ4v) is 1.76. The van der Waals surface area contributed by atoms with Crippen LogP contribution in [0.4, 0.5) is 0 Å². The molecular formula is C13H12N4O3. The largest absolute Gasteiger partial charge is 0.463 e. The molecule has 3 aromatic rings. The van der Waals surface area contributed by atoms with Crippen LogP contribution < -0.4 is 5.32 Å². The van der Waals surface area contributed by atoms with Crippen molar-refractivity contribution >= 4 is 5.91 Å². The average molecular weight is 272 g/mol. The second-order valence-corrected chi connectivity index (χ2v) is 4.10. The molecular weight excluding hydrogens is 260 g/mol. The number of aromatic amines is 1. The Labute approximate surface area is 114 Å². The third-order valence-corrected chi connectivity index (χ3v) is 2.72. The van der Waals surface area contributed by atoms with Crippen molar-refractivity contribution in [2.24, 2.45) is 0 Å². The van der Waals surface area contributed by atoms with Crippen LogP contribution in [0.3, 0.4) is 0 Å². The van der Waals surface area contributed by atoms with Gasteiger partial charge in [-0.25, -0.2) is 4.98 Å². The Morgan fingerprint density at radius 3 is 3.10 bits per heavy atom. The number of amides is 1. The molecule has 0 aromatic carbocycles. The molecule has 0 atom stereocenters. The van der Waals surface area contributed by atoms with E-state index in [1.54, 1.807) is 12.5 Å². The number of nitrogens with zero attached hydrogens (tertiary/aromatic N) is 2. The van der Waals surface area contributed by atoms with Gasteiger partial charge in [0.05, 0.1) is 18.7 Å². The maximum Gasteiger partial charge on any atom is 0.289 e. The van der Waals surface area contributed by atoms with Crippen molar-refractivity contribution in [1.82, 2.24) is 20.4 Å². The summed E-state index contributed by atoms with van der Waals surface area (Å²) in [6.45, 7) is 0.449. The molecule has 0 aliphatic heterocycles. The number of carbonyl (C=O) groups excluding carboxylic acids is 1. The Morgan fingerprint density at radius 2 is 2.35 bits per heavy atom. The summed E-state index contributed by atoms with van der Waals surface area (Å²) in [6.07, 6.45) is 5.32. The highest BCUT2D eigenvalue weighted by Gasteiger charge is 2.09. The van der Waals surface area contributed by atoms with Gasteiger partial charge in [0.1, 0.15) is 11.5 Å². The van der Waals surface area contributed by atoms with E-state index in [-0.39, 0.29) is 11.7 Å². The normalized spacial score (nSPS) is 10.6. The smallest absolute Gasteiger partial charge is 0.289 e. The molecule has 0 fully saturated rings. The maximum absolute atomic E-state index is 11.6. The summed E-state index contributed by atoms with van der Waals surface area (Å²) in [5.74, 6) is 1.41. The van der Waals surface area contributed by atoms with Gasteiger partial charge in [-0.15, -0.1) is 0 Å². The van der Waals surface area contributed by atoms with Gasteiger partial charge in [-0.2, -0.15) is 0 Å². The molecule has 0 aliphatic rings. The Kier molecular flexibility index (Phi) is 3.32. The van der Waals surface area contributed by atoms with Crippen LogP contribution in [-0.4, -0.2) is 27.6 Å². The van der Waals surface area contributed by atoms with Crippen molar-refractivity contribution in [3.8, 4) is 11.5 Å². The number of furan rings is 1. The fraction of sp³-hybridized carbons (Fsp3) is 0.154. The minimum Gasteiger partial charge on any atom is -0.463 e. The molecule has 102 valence electrons. The lowest BCUT2D eigenvalue weighted by atomic mass is 10.3. The molecule has 7 heteroatoms. The Balaban J connectivity index is 1.53. The predicted molar refractivity (Wildman–Crippen MR) is 68.8 cm³/mol. The fourth-order valence-electron chi connectivity index (χ4n) is 1.76. The zero-order chi connectivity index (χ0) is 13.8. The van der Waals surface area contributed by atoms with Crippen LogP contribution in [0.5, 0.6) is 0 Å². The van der Waals surface area contributed by atoms with E-state index in [1.807, 2.05) is 12.1 Å². The van der Waals surface area contributed by atoms with Crippen molar-refractivity contribution in [2.45, 2.75) is 6.42 Å². The molecule has 0 saturated heterocycles. The van der Waals surface area contributed by atoms with Crippen LogP contribution >= 0.6 is 0 Å². The third-order valence-electron chi connectivity index (χ3n) is 2.72. The monoisotopic (exact) mass is 272 g/mol. The average Bonchev–Trinajstić information content (AvgIpc) is 3.20. The summed E-state index contributed by atoms with van der Waals surface area (Å²) in [5.41, 5.74) is 0.812. The molecule has 0 unspecified atom stereocenters. The number of imidazole rings is 1. The minimum atomic E-state index is -0.291. The van der Waals surface area contributed by atoms with E-state index in [4.69, 9.17) is 8.94 Å². The van der Waals surface area contributed by atoms with Crippen molar-refractivity contribution in [3.05, 3.63) is 48.4 Å². The lowest BCUT2D eigenvalue weighted by molar-refractivity contribution is 0.0917. The Hall–Kier alpha value is -2.83. The number of carbonyl (C=O) groups is 1. The van der Waals surface area contributed by atoms with E-state index < -0.39 is 0 Å². The summed E-state index contributed by atoms with van der Waals surface area (Å²) in [4.78, 5) is 19.0. The third kappa shape index (κ3) is 2.61. The van der Waals surface area contributed by atoms with E-state index in [9.17, 15) is 4.79 Å². The lowest BCUT2D eigenvalue weighted by Crippen LogP contribution is -2.25. The zero-order valence-corrected chi connectivity index (χ0v) is 10.5. The second kappa shape index (κ2) is 5.43. The van der Waals surface area contributed by atoms with Crippen LogP contribution in [0, 0.1) is 0 Å². The quantitative estimate of drug-likeness (QED) is 0.735. The van der Waals surface area contributed by atoms with Crippen molar-refractivity contribution in [2.75, 3.05) is 6.54 Å². The molecule has 0 aliphatic carbocycles. The minimum absolute atomic E-state index is 0.195. The Morgan fingerprint density at radius 1 is 1.40 bits per heavy atom. The summed E-state index contributed by atoms with van der Waals surface area (Å²) >= 11 is 0. The number of hydrogen-bond acceptors (Lipinski definition) is 5. The van der Waals surface area contributed by atoms with Crippen LogP contribution in [0.2, 0.25) is 0 Å². The van der Waals surface area contributed by atoms with Gasteiger partial charge in [-0.3, -0.25) is 4.79 Å². The van der Waals surface area contributed by atoms with Crippen molar-refractivity contribution in [3.63, 3.8) is 0 Å². The molecule has 3 aromatic heterocycles. The van der Waals surface area contributed by atoms with Gasteiger partial charge in [0.25, 0.3) is 5.91 Å². The van der Waals surface area contributed by atoms with E-state index in [0.29, 0.717) is 13.0 Å². The molecule has 0 spiro atoms. The number of aromatic nitrogens is 3. The van der Waals surface area contributed by atoms with Gasteiger partial charge in [-0.1, -0.05) is 5.16 Å². The molecule has 3 rings (SSSR count). The van der Waals surface area contributed by atoms with Gasteiger partial charge in [-0.05, 0) is 12.1 Å². The molecule has 7 nitrogen and oxygen atoms in total. The molecule has 1 amide bonds. The van der Waals surface area contributed by atoms with Crippen LogP contribution in [0.1, 0.15) is 16.4 Å². The lowest BCUT2D eigenvalue weighted by Gasteiger charge is -2.00. The molecule has 0 bridgehead atoms. The van der Waals surface area contributed by atoms with Crippen molar-refractivity contribution < 1.29 is 13.7 Å². The summed E-state index contributed by atoms with van der Waals surface area (Å²) in [5, 5.41) is 6.20. The first-order valence-corrected chi connectivity index (χ1v) is 6.09. The number of rotatable bonds is 5. The van der Waals surface area contributed by atoms with Gasteiger partial charge in [0, 0.05) is 19.0 Å². The first-order valence-electron chi connectivity index (χ1n) is 6.09. The molecule has 3 heterocycles. The highest BCUT2D eigenvalue weighted by molar-refractivity contribution is 5.91. The summed E-state index contributed by atoms with van der Waals surface area (Å²) < 4.78 is 10.0. The highest BCUT2D eigenvalue weighted by Crippen LogP contribution is 2.16. The van der Waals surface area contributed by atoms with Crippen LogP contribution in [0.25, 0.3) is 11.5 Å². The van der Waals surface area contributed by atoms with E-state index in [1.165, 1.54) is 12.3 Å². The van der Waals surface area contributed by atoms with Gasteiger partial charge in [0.2, 0.25) is 5.76 Å². The van der Waals surface area contributed by atoms with E-state index in [2.05, 4.69) is 20.4 Å². The summed E-state index contributed by atoms with van der Waals surface area (Å²) in [6, 6.07) is 5.17. The SMILES string of the molecule is O=C(NCCc1ncc(-c2ccco2)[nH]1)c1ccno1. The molecule has 0 saturated carbocycles. The zero-order valence-electron chi connectivity index (χ0n) is 10.5. The number of nitrogens with one attached hydrogen (secondary N) is 2. The van der Waals surface area contributed by atoms with Gasteiger partial charge in [0.15, 0.2) is 5.76 Å². The van der Waals surface area contributed by atoms with Crippen LogP contribution in [-0.2, 0) is 6.42 Å². The maximum atomic E-state index is 11.6. The van der Waals surface area contributed by atoms with Gasteiger partial charge >= 0.3 is 0 Å². The predicted octanol–water partition coefficient (Wildman–Crippen LogP) is 1.63. The Bertz CT molecular complexity index is 670. The second-order valence-electron chi connectivity index (χ2n) is 4.10. The first-order chi connectivity index (χ1) is 9.83. The van der Waals surface area contributed by atoms with Gasteiger partial charge < -0.3 is 19.2 Å². The standard InChI is InChI=1S/C13H12N4O3/c18-13(11-3-6-16-20-11)14-5-4-12-15-8-9(17-12)10-2-1-7-19-10/h1-3,6-8H,4-5H2,(H,14,18)(H,15,17). The van der Waals surface area contributed by atoms with E-state index in [0.717, 1.165) is 17.3 Å². The van der Waals surface area contributed by atoms with Crippen LogP contribution in [0.15, 0.2) is 45.8 Å². The first kappa shape index (κ1) is 12.2. The topological polar surface area (TPSA) is 97.0 Å². The number of hydrogen-bond donors (Lipinski definition) is 2. The highest BCUT2D eigenvalue weighted by atomic mass is 16.5. The van der Waals surface area contributed by atoms with Crippen molar-refractivity contribution in [1.29, 1.82) is 0 Å². The summed E-state index contributed by atoms with van der Waals surface area (Å²) in [7, 11) is 0. The molecule has 2 N–H and O–H groups in total. The van der Waals surface area contributed by atoms with E-state index >= 15 is 0 Å².